The number of anilines is 3. The lowest BCUT2D eigenvalue weighted by atomic mass is 10.2. The van der Waals surface area contributed by atoms with Crippen LogP contribution < -0.4 is 16.0 Å². The van der Waals surface area contributed by atoms with E-state index in [1.54, 1.807) is 0 Å². The minimum atomic E-state index is -4.67. The van der Waals surface area contributed by atoms with Crippen LogP contribution in [0.1, 0.15) is 18.9 Å². The Hall–Kier alpha value is -2.89. The van der Waals surface area contributed by atoms with Crippen LogP contribution >= 0.6 is 11.8 Å². The van der Waals surface area contributed by atoms with E-state index < -0.39 is 36.3 Å². The molecular weight excluding hydrogens is 448 g/mol. The van der Waals surface area contributed by atoms with Gasteiger partial charge in [0.1, 0.15) is 6.42 Å². The molecule has 0 aliphatic heterocycles. The summed E-state index contributed by atoms with van der Waals surface area (Å²) in [5.41, 5.74) is -0.862. The molecule has 0 bridgehead atoms. The molecule has 0 aliphatic rings. The average Bonchev–Trinajstić information content (AvgIpc) is 2.62. The maximum Gasteiger partial charge on any atom is 0.416 e. The van der Waals surface area contributed by atoms with Gasteiger partial charge in [0.25, 0.3) is 0 Å². The molecule has 3 N–H and O–H groups in total. The Morgan fingerprint density at radius 2 is 1.58 bits per heavy atom. The van der Waals surface area contributed by atoms with E-state index in [1.807, 2.05) is 6.92 Å². The Morgan fingerprint density at radius 1 is 0.903 bits per heavy atom. The summed E-state index contributed by atoms with van der Waals surface area (Å²) in [6, 6.07) is 7.28. The van der Waals surface area contributed by atoms with E-state index in [4.69, 9.17) is 0 Å². The number of rotatable bonds is 6. The lowest BCUT2D eigenvalue weighted by Gasteiger charge is -2.15. The molecule has 0 atom stereocenters. The van der Waals surface area contributed by atoms with Gasteiger partial charge in [0.15, 0.2) is 0 Å². The number of carbonyl (C=O) groups excluding carboxylic acids is 2. The summed E-state index contributed by atoms with van der Waals surface area (Å²) in [5, 5.41) is 6.80. The second kappa shape index (κ2) is 9.94. The van der Waals surface area contributed by atoms with Gasteiger partial charge in [0.05, 0.1) is 11.3 Å². The summed E-state index contributed by atoms with van der Waals surface area (Å²) >= 11 is 1.31. The van der Waals surface area contributed by atoms with Gasteiger partial charge in [-0.1, -0.05) is 13.0 Å². The number of halogens is 6. The first kappa shape index (κ1) is 24.4. The zero-order chi connectivity index (χ0) is 23.2. The summed E-state index contributed by atoms with van der Waals surface area (Å²) in [4.78, 5) is 24.3. The molecular formula is C19H17F6N3O2S. The molecule has 0 unspecified atom stereocenters. The zero-order valence-electron chi connectivity index (χ0n) is 15.9. The predicted octanol–water partition coefficient (Wildman–Crippen LogP) is 6.35. The minimum absolute atomic E-state index is 0.0177. The van der Waals surface area contributed by atoms with Crippen LogP contribution in [0.3, 0.4) is 0 Å². The largest absolute Gasteiger partial charge is 0.416 e. The number of thioether (sulfide) groups is 1. The fourth-order valence-electron chi connectivity index (χ4n) is 2.43. The maximum atomic E-state index is 12.8. The smallest absolute Gasteiger partial charge is 0.326 e. The van der Waals surface area contributed by atoms with Crippen molar-refractivity contribution in [2.24, 2.45) is 0 Å². The molecule has 2 aromatic carbocycles. The van der Waals surface area contributed by atoms with E-state index in [-0.39, 0.29) is 17.1 Å². The fourth-order valence-corrected chi connectivity index (χ4v) is 3.17. The molecule has 0 saturated heterocycles. The van der Waals surface area contributed by atoms with Crippen LogP contribution in [-0.2, 0) is 11.0 Å². The molecule has 168 valence electrons. The van der Waals surface area contributed by atoms with Crippen LogP contribution in [-0.4, -0.2) is 23.9 Å². The lowest BCUT2D eigenvalue weighted by Crippen LogP contribution is -2.22. The molecule has 0 saturated carbocycles. The summed E-state index contributed by atoms with van der Waals surface area (Å²) < 4.78 is 75.4. The summed E-state index contributed by atoms with van der Waals surface area (Å²) in [6.07, 6.45) is -10.9. The second-order valence-corrected chi connectivity index (χ2v) is 7.45. The Labute approximate surface area is 177 Å². The second-order valence-electron chi connectivity index (χ2n) is 6.14. The fraction of sp³-hybridized carbons (Fsp3) is 0.263. The van der Waals surface area contributed by atoms with Crippen molar-refractivity contribution in [2.75, 3.05) is 21.7 Å². The van der Waals surface area contributed by atoms with Crippen molar-refractivity contribution in [2.45, 2.75) is 30.6 Å². The monoisotopic (exact) mass is 465 g/mol. The van der Waals surface area contributed by atoms with Crippen LogP contribution in [0, 0.1) is 0 Å². The number of nitrogens with one attached hydrogen (secondary N) is 3. The summed E-state index contributed by atoms with van der Waals surface area (Å²) in [7, 11) is 0. The zero-order valence-corrected chi connectivity index (χ0v) is 16.8. The van der Waals surface area contributed by atoms with Crippen molar-refractivity contribution < 1.29 is 35.9 Å². The summed E-state index contributed by atoms with van der Waals surface area (Å²) in [6.45, 7) is 1.83. The third-order valence-corrected chi connectivity index (χ3v) is 4.58. The van der Waals surface area contributed by atoms with Crippen molar-refractivity contribution in [3.05, 3.63) is 48.0 Å². The van der Waals surface area contributed by atoms with Crippen LogP contribution in [0.2, 0.25) is 0 Å². The normalized spacial score (nSPS) is 11.7. The maximum absolute atomic E-state index is 12.8. The Bertz CT molecular complexity index is 947. The SMILES string of the molecule is CCSc1ccc(NC(=O)CC(F)(F)F)cc1NC(=O)Nc1cccc(C(F)(F)F)c1. The van der Waals surface area contributed by atoms with Gasteiger partial charge in [-0.3, -0.25) is 4.79 Å². The van der Waals surface area contributed by atoms with Crippen LogP contribution in [0.5, 0.6) is 0 Å². The van der Waals surface area contributed by atoms with E-state index in [2.05, 4.69) is 16.0 Å². The molecule has 31 heavy (non-hydrogen) atoms. The van der Waals surface area contributed by atoms with Crippen LogP contribution in [0.25, 0.3) is 0 Å². The van der Waals surface area contributed by atoms with E-state index in [0.717, 1.165) is 18.2 Å². The van der Waals surface area contributed by atoms with E-state index in [0.29, 0.717) is 10.6 Å². The molecule has 2 rings (SSSR count). The van der Waals surface area contributed by atoms with Gasteiger partial charge in [-0.25, -0.2) is 4.79 Å². The predicted molar refractivity (Wildman–Crippen MR) is 106 cm³/mol. The van der Waals surface area contributed by atoms with Gasteiger partial charge in [0, 0.05) is 16.3 Å². The first-order valence-corrected chi connectivity index (χ1v) is 9.74. The highest BCUT2D eigenvalue weighted by Gasteiger charge is 2.31. The van der Waals surface area contributed by atoms with E-state index in [9.17, 15) is 35.9 Å². The number of hydrogen-bond acceptors (Lipinski definition) is 3. The molecule has 3 amide bonds. The molecule has 0 heterocycles. The minimum Gasteiger partial charge on any atom is -0.326 e. The van der Waals surface area contributed by atoms with Gasteiger partial charge in [-0.2, -0.15) is 26.3 Å². The highest BCUT2D eigenvalue weighted by molar-refractivity contribution is 7.99. The van der Waals surface area contributed by atoms with Gasteiger partial charge < -0.3 is 16.0 Å². The van der Waals surface area contributed by atoms with Crippen molar-refractivity contribution in [3.63, 3.8) is 0 Å². The van der Waals surface area contributed by atoms with Crippen molar-refractivity contribution in [3.8, 4) is 0 Å². The average molecular weight is 465 g/mol. The molecule has 12 heteroatoms. The third-order valence-electron chi connectivity index (χ3n) is 3.62. The summed E-state index contributed by atoms with van der Waals surface area (Å²) in [5.74, 6) is -0.674. The molecule has 0 radical (unpaired) electrons. The lowest BCUT2D eigenvalue weighted by molar-refractivity contribution is -0.150. The molecule has 2 aromatic rings. The van der Waals surface area contributed by atoms with E-state index in [1.165, 1.54) is 36.0 Å². The molecule has 0 aliphatic carbocycles. The topological polar surface area (TPSA) is 70.2 Å². The molecule has 5 nitrogen and oxygen atoms in total. The number of urea groups is 1. The number of amides is 3. The van der Waals surface area contributed by atoms with Gasteiger partial charge in [-0.15, -0.1) is 11.8 Å². The number of alkyl halides is 6. The highest BCUT2D eigenvalue weighted by atomic mass is 32.2. The van der Waals surface area contributed by atoms with Crippen molar-refractivity contribution in [1.82, 2.24) is 0 Å². The first-order chi connectivity index (χ1) is 14.4. The number of benzene rings is 2. The first-order valence-electron chi connectivity index (χ1n) is 8.76. The standard InChI is InChI=1S/C19H17F6N3O2S/c1-2-31-15-7-6-13(26-16(29)10-18(20,21)22)9-14(15)28-17(30)27-12-5-3-4-11(8-12)19(23,24)25/h3-9H,2,10H2,1H3,(H,26,29)(H2,27,28,30). The molecule has 0 fully saturated rings. The van der Waals surface area contributed by atoms with Crippen LogP contribution in [0.15, 0.2) is 47.4 Å². The van der Waals surface area contributed by atoms with Crippen molar-refractivity contribution >= 4 is 40.8 Å². The van der Waals surface area contributed by atoms with Gasteiger partial charge in [-0.05, 0) is 42.2 Å². The number of carbonyl (C=O) groups is 2. The highest BCUT2D eigenvalue weighted by Crippen LogP contribution is 2.32. The van der Waals surface area contributed by atoms with Gasteiger partial charge >= 0.3 is 18.4 Å². The van der Waals surface area contributed by atoms with Gasteiger partial charge in [0.2, 0.25) is 5.91 Å². The van der Waals surface area contributed by atoms with Crippen LogP contribution in [0.4, 0.5) is 48.2 Å². The van der Waals surface area contributed by atoms with Crippen molar-refractivity contribution in [1.29, 1.82) is 0 Å². The Morgan fingerprint density at radius 3 is 2.19 bits per heavy atom. The van der Waals surface area contributed by atoms with E-state index >= 15 is 0 Å². The number of hydrogen-bond donors (Lipinski definition) is 3. The Balaban J connectivity index is 2.16. The molecule has 0 aromatic heterocycles. The Kier molecular flexibility index (Phi) is 7.82. The quantitative estimate of drug-likeness (QED) is 0.344. The molecule has 0 spiro atoms. The third kappa shape index (κ3) is 8.04.